The highest BCUT2D eigenvalue weighted by Crippen LogP contribution is 2.23. The molecule has 0 aliphatic carbocycles. The van der Waals surface area contributed by atoms with Gasteiger partial charge < -0.3 is 0 Å². The minimum absolute atomic E-state index is 0.0734. The zero-order valence-electron chi connectivity index (χ0n) is 8.87. The third kappa shape index (κ3) is 2.24. The molecule has 7 nitrogen and oxygen atoms in total. The van der Waals surface area contributed by atoms with Gasteiger partial charge in [-0.1, -0.05) is 12.1 Å². The van der Waals surface area contributed by atoms with E-state index >= 15 is 0 Å². The molecule has 1 amide bonds. The molecule has 0 spiro atoms. The number of nitrogens with zero attached hydrogens (tertiary/aromatic N) is 2. The van der Waals surface area contributed by atoms with Gasteiger partial charge in [0, 0.05) is 25.1 Å². The van der Waals surface area contributed by atoms with Crippen LogP contribution in [0.3, 0.4) is 0 Å². The van der Waals surface area contributed by atoms with Crippen LogP contribution < -0.4 is 5.32 Å². The summed E-state index contributed by atoms with van der Waals surface area (Å²) in [6.45, 7) is 0.434. The van der Waals surface area contributed by atoms with Crippen LogP contribution in [0.1, 0.15) is 18.2 Å². The van der Waals surface area contributed by atoms with Crippen LogP contribution in [-0.2, 0) is 4.79 Å². The predicted molar refractivity (Wildman–Crippen MR) is 57.1 cm³/mol. The van der Waals surface area contributed by atoms with Crippen LogP contribution in [0.15, 0.2) is 24.3 Å². The van der Waals surface area contributed by atoms with E-state index in [0.29, 0.717) is 17.2 Å². The molecule has 0 bridgehead atoms. The first-order valence-electron chi connectivity index (χ1n) is 5.08. The van der Waals surface area contributed by atoms with Crippen molar-refractivity contribution >= 4 is 11.6 Å². The van der Waals surface area contributed by atoms with Gasteiger partial charge in [-0.25, -0.2) is 5.06 Å². The fourth-order valence-electron chi connectivity index (χ4n) is 1.73. The second kappa shape index (κ2) is 4.48. The van der Waals surface area contributed by atoms with Gasteiger partial charge in [-0.05, 0) is 5.56 Å². The van der Waals surface area contributed by atoms with Gasteiger partial charge in [0.1, 0.15) is 6.17 Å². The second-order valence-electron chi connectivity index (χ2n) is 3.70. The first-order chi connectivity index (χ1) is 8.09. The molecule has 1 fully saturated rings. The quantitative estimate of drug-likeness (QED) is 0.450. The van der Waals surface area contributed by atoms with E-state index in [4.69, 9.17) is 0 Å². The van der Waals surface area contributed by atoms with Crippen molar-refractivity contribution in [3.8, 4) is 0 Å². The number of hydrogen-bond donors (Lipinski definition) is 2. The zero-order chi connectivity index (χ0) is 12.4. The molecule has 1 aromatic rings. The van der Waals surface area contributed by atoms with Gasteiger partial charge >= 0.3 is 0 Å². The van der Waals surface area contributed by atoms with Crippen LogP contribution in [0.25, 0.3) is 0 Å². The molecule has 0 saturated carbocycles. The van der Waals surface area contributed by atoms with Gasteiger partial charge in [-0.2, -0.15) is 0 Å². The highest BCUT2D eigenvalue weighted by Gasteiger charge is 2.28. The van der Waals surface area contributed by atoms with E-state index in [1.807, 2.05) is 0 Å². The molecule has 17 heavy (non-hydrogen) atoms. The van der Waals surface area contributed by atoms with E-state index in [1.54, 1.807) is 6.07 Å². The Morgan fingerprint density at radius 2 is 2.29 bits per heavy atom. The zero-order valence-corrected chi connectivity index (χ0v) is 8.87. The van der Waals surface area contributed by atoms with E-state index < -0.39 is 17.0 Å². The second-order valence-corrected chi connectivity index (χ2v) is 3.70. The fraction of sp³-hybridized carbons (Fsp3) is 0.300. The minimum atomic E-state index is -0.726. The normalized spacial score (nSPS) is 20.4. The number of non-ortho nitro benzene ring substituents is 1. The van der Waals surface area contributed by atoms with Crippen molar-refractivity contribution in [2.75, 3.05) is 6.54 Å². The van der Waals surface area contributed by atoms with E-state index in [0.717, 1.165) is 0 Å². The summed E-state index contributed by atoms with van der Waals surface area (Å²) in [4.78, 5) is 21.4. The van der Waals surface area contributed by atoms with E-state index in [1.165, 1.54) is 18.2 Å². The van der Waals surface area contributed by atoms with Crippen LogP contribution in [0.4, 0.5) is 5.69 Å². The average molecular weight is 237 g/mol. The maximum Gasteiger partial charge on any atom is 0.269 e. The van der Waals surface area contributed by atoms with Crippen molar-refractivity contribution in [2.45, 2.75) is 12.6 Å². The van der Waals surface area contributed by atoms with Crippen molar-refractivity contribution in [3.63, 3.8) is 0 Å². The molecule has 7 heteroatoms. The van der Waals surface area contributed by atoms with Crippen molar-refractivity contribution < 1.29 is 14.9 Å². The number of carbonyl (C=O) groups is 1. The molecule has 0 radical (unpaired) electrons. The number of rotatable bonds is 2. The number of benzene rings is 1. The number of hydrogen-bond acceptors (Lipinski definition) is 5. The van der Waals surface area contributed by atoms with Gasteiger partial charge in [0.25, 0.3) is 5.69 Å². The van der Waals surface area contributed by atoms with Gasteiger partial charge in [-0.3, -0.25) is 25.4 Å². The number of nitro groups is 1. The molecule has 1 aliphatic rings. The van der Waals surface area contributed by atoms with E-state index in [9.17, 15) is 20.1 Å². The lowest BCUT2D eigenvalue weighted by atomic mass is 10.1. The minimum Gasteiger partial charge on any atom is -0.291 e. The van der Waals surface area contributed by atoms with E-state index in [-0.39, 0.29) is 12.1 Å². The summed E-state index contributed by atoms with van der Waals surface area (Å²) < 4.78 is 0. The van der Waals surface area contributed by atoms with E-state index in [2.05, 4.69) is 5.32 Å². The van der Waals surface area contributed by atoms with Gasteiger partial charge in [0.05, 0.1) is 4.92 Å². The molecular weight excluding hydrogens is 226 g/mol. The molecule has 2 N–H and O–H groups in total. The first kappa shape index (κ1) is 11.5. The maximum atomic E-state index is 11.3. The number of nitrogens with one attached hydrogen (secondary N) is 1. The predicted octanol–water partition coefficient (Wildman–Crippen LogP) is 0.804. The van der Waals surface area contributed by atoms with Crippen molar-refractivity contribution in [2.24, 2.45) is 0 Å². The Morgan fingerprint density at radius 1 is 1.53 bits per heavy atom. The first-order valence-corrected chi connectivity index (χ1v) is 5.08. The lowest BCUT2D eigenvalue weighted by Crippen LogP contribution is -2.46. The number of hydroxylamine groups is 2. The Hall–Kier alpha value is -1.99. The molecule has 1 heterocycles. The largest absolute Gasteiger partial charge is 0.291 e. The lowest BCUT2D eigenvalue weighted by molar-refractivity contribution is -0.385. The van der Waals surface area contributed by atoms with Crippen molar-refractivity contribution in [3.05, 3.63) is 39.9 Å². The fourth-order valence-corrected chi connectivity index (χ4v) is 1.73. The van der Waals surface area contributed by atoms with Gasteiger partial charge in [0.2, 0.25) is 5.91 Å². The number of nitro benzene ring substituents is 1. The van der Waals surface area contributed by atoms with Crippen LogP contribution in [0, 0.1) is 10.1 Å². The smallest absolute Gasteiger partial charge is 0.269 e. The van der Waals surface area contributed by atoms with Crippen LogP contribution in [0.2, 0.25) is 0 Å². The Labute approximate surface area is 96.8 Å². The van der Waals surface area contributed by atoms with Gasteiger partial charge in [-0.15, -0.1) is 0 Å². The number of amides is 1. The summed E-state index contributed by atoms with van der Waals surface area (Å²) in [7, 11) is 0. The summed E-state index contributed by atoms with van der Waals surface area (Å²) in [5.74, 6) is -0.403. The molecule has 1 saturated heterocycles. The summed E-state index contributed by atoms with van der Waals surface area (Å²) in [6, 6.07) is 5.82. The standard InChI is InChI=1S/C10H11N3O4/c14-9-4-5-11-10(12(9)15)7-2-1-3-8(6-7)13(16)17/h1-3,6,10-11,15H,4-5H2. The third-order valence-electron chi connectivity index (χ3n) is 2.57. The summed E-state index contributed by atoms with van der Waals surface area (Å²) in [5, 5.41) is 23.7. The monoisotopic (exact) mass is 237 g/mol. The van der Waals surface area contributed by atoms with Crippen LogP contribution >= 0.6 is 0 Å². The van der Waals surface area contributed by atoms with Crippen molar-refractivity contribution in [1.29, 1.82) is 0 Å². The Morgan fingerprint density at radius 3 is 3.00 bits per heavy atom. The average Bonchev–Trinajstić information content (AvgIpc) is 2.33. The summed E-state index contributed by atoms with van der Waals surface area (Å²) in [6.07, 6.45) is -0.516. The van der Waals surface area contributed by atoms with Gasteiger partial charge in [0.15, 0.2) is 0 Å². The lowest BCUT2D eigenvalue weighted by Gasteiger charge is -2.31. The Kier molecular flexibility index (Phi) is 3.03. The number of carbonyl (C=O) groups excluding carboxylic acids is 1. The molecule has 1 aliphatic heterocycles. The van der Waals surface area contributed by atoms with Crippen LogP contribution in [0.5, 0.6) is 0 Å². The highest BCUT2D eigenvalue weighted by atomic mass is 16.6. The van der Waals surface area contributed by atoms with Crippen LogP contribution in [-0.4, -0.2) is 27.6 Å². The maximum absolute atomic E-state index is 11.3. The summed E-state index contributed by atoms with van der Waals surface area (Å²) in [5.41, 5.74) is 0.408. The molecular formula is C10H11N3O4. The summed E-state index contributed by atoms with van der Waals surface area (Å²) >= 11 is 0. The topological polar surface area (TPSA) is 95.7 Å². The third-order valence-corrected chi connectivity index (χ3v) is 2.57. The highest BCUT2D eigenvalue weighted by molar-refractivity contribution is 5.76. The molecule has 1 atom stereocenters. The molecule has 90 valence electrons. The Bertz CT molecular complexity index is 463. The molecule has 0 aromatic heterocycles. The van der Waals surface area contributed by atoms with Crippen molar-refractivity contribution in [1.82, 2.24) is 10.4 Å². The SMILES string of the molecule is O=C1CCNC(c2cccc([N+](=O)[O-])c2)N1O. The molecule has 2 rings (SSSR count). The molecule has 1 aromatic carbocycles. The molecule has 1 unspecified atom stereocenters. The Balaban J connectivity index is 2.29.